The van der Waals surface area contributed by atoms with Gasteiger partial charge in [-0.25, -0.2) is 13.1 Å². The van der Waals surface area contributed by atoms with Gasteiger partial charge >= 0.3 is 0 Å². The minimum Gasteiger partial charge on any atom is -0.496 e. The molecule has 7 heteroatoms. The molecule has 1 N–H and O–H groups in total. The minimum absolute atomic E-state index is 0.0589. The van der Waals surface area contributed by atoms with Gasteiger partial charge < -0.3 is 9.64 Å². The van der Waals surface area contributed by atoms with E-state index in [1.54, 1.807) is 11.0 Å². The Kier molecular flexibility index (Phi) is 7.38. The van der Waals surface area contributed by atoms with E-state index in [2.05, 4.69) is 4.72 Å². The second-order valence-corrected chi connectivity index (χ2v) is 9.99. The monoisotopic (exact) mass is 444 g/mol. The van der Waals surface area contributed by atoms with Crippen LogP contribution in [0.25, 0.3) is 0 Å². The maximum atomic E-state index is 13.2. The molecule has 1 saturated heterocycles. The number of amides is 1. The lowest BCUT2D eigenvalue weighted by Gasteiger charge is -2.22. The first-order valence-electron chi connectivity index (χ1n) is 10.8. The van der Waals surface area contributed by atoms with Gasteiger partial charge in [0.05, 0.1) is 17.6 Å². The number of nitrogens with one attached hydrogen (secondary N) is 1. The summed E-state index contributed by atoms with van der Waals surface area (Å²) in [5.74, 6) is 0.203. The van der Waals surface area contributed by atoms with Crippen molar-refractivity contribution in [1.29, 1.82) is 0 Å². The van der Waals surface area contributed by atoms with Crippen LogP contribution in [0.2, 0.25) is 0 Å². The van der Waals surface area contributed by atoms with Crippen LogP contribution in [-0.4, -0.2) is 39.4 Å². The Morgan fingerprint density at radius 1 is 1.03 bits per heavy atom. The molecular weight excluding hydrogens is 412 g/mol. The van der Waals surface area contributed by atoms with Crippen LogP contribution in [0.1, 0.15) is 65.7 Å². The van der Waals surface area contributed by atoms with E-state index in [0.29, 0.717) is 18.8 Å². The second kappa shape index (κ2) is 9.83. The summed E-state index contributed by atoms with van der Waals surface area (Å²) in [6, 6.07) is 10.1. The van der Waals surface area contributed by atoms with Crippen LogP contribution in [-0.2, 0) is 10.0 Å². The Bertz CT molecular complexity index is 1040. The lowest BCUT2D eigenvalue weighted by atomic mass is 10.0. The van der Waals surface area contributed by atoms with Crippen molar-refractivity contribution in [1.82, 2.24) is 9.62 Å². The van der Waals surface area contributed by atoms with Gasteiger partial charge in [0.25, 0.3) is 5.91 Å². The zero-order valence-electron chi connectivity index (χ0n) is 18.8. The van der Waals surface area contributed by atoms with Gasteiger partial charge in [-0.05, 0) is 62.9 Å². The molecule has 31 heavy (non-hydrogen) atoms. The first-order chi connectivity index (χ1) is 14.7. The Labute approximate surface area is 185 Å². The molecule has 1 fully saturated rings. The standard InChI is InChI=1S/C24H32N2O4S/c1-17-9-10-18(2)21(15-17)19(3)25-31(28,29)20-11-12-23(30-4)22(16-20)24(27)26-13-7-5-6-8-14-26/h9-12,15-16,19,25H,5-8,13-14H2,1-4H3. The number of hydrogen-bond donors (Lipinski definition) is 1. The number of ether oxygens (including phenoxy) is 1. The van der Waals surface area contributed by atoms with E-state index >= 15 is 0 Å². The quantitative estimate of drug-likeness (QED) is 0.718. The number of carbonyl (C=O) groups excluding carboxylic acids is 1. The number of hydrogen-bond acceptors (Lipinski definition) is 4. The summed E-state index contributed by atoms with van der Waals surface area (Å²) in [6.45, 7) is 7.13. The van der Waals surface area contributed by atoms with Crippen molar-refractivity contribution in [3.63, 3.8) is 0 Å². The molecule has 0 bridgehead atoms. The van der Waals surface area contributed by atoms with Gasteiger partial charge in [-0.3, -0.25) is 4.79 Å². The molecule has 2 aromatic rings. The van der Waals surface area contributed by atoms with Crippen LogP contribution >= 0.6 is 0 Å². The SMILES string of the molecule is COc1ccc(S(=O)(=O)NC(C)c2cc(C)ccc2C)cc1C(=O)N1CCCCCC1. The Hall–Kier alpha value is -2.38. The summed E-state index contributed by atoms with van der Waals surface area (Å²) >= 11 is 0. The molecule has 3 rings (SSSR count). The molecule has 1 aliphatic heterocycles. The molecule has 0 aliphatic carbocycles. The van der Waals surface area contributed by atoms with E-state index in [4.69, 9.17) is 4.74 Å². The van der Waals surface area contributed by atoms with Gasteiger partial charge in [0.15, 0.2) is 0 Å². The molecule has 1 amide bonds. The Morgan fingerprint density at radius 3 is 2.35 bits per heavy atom. The maximum Gasteiger partial charge on any atom is 0.257 e. The molecule has 0 aromatic heterocycles. The average molecular weight is 445 g/mol. The van der Waals surface area contributed by atoms with Crippen LogP contribution in [0.4, 0.5) is 0 Å². The van der Waals surface area contributed by atoms with E-state index in [-0.39, 0.29) is 16.4 Å². The van der Waals surface area contributed by atoms with Gasteiger partial charge in [0.1, 0.15) is 5.75 Å². The van der Waals surface area contributed by atoms with Crippen LogP contribution in [0.5, 0.6) is 5.75 Å². The average Bonchev–Trinajstić information content (AvgIpc) is 3.03. The zero-order chi connectivity index (χ0) is 22.6. The fraction of sp³-hybridized carbons (Fsp3) is 0.458. The highest BCUT2D eigenvalue weighted by atomic mass is 32.2. The molecule has 2 aromatic carbocycles. The van der Waals surface area contributed by atoms with Gasteiger partial charge in [-0.15, -0.1) is 0 Å². The number of carbonyl (C=O) groups is 1. The normalized spacial score (nSPS) is 15.9. The van der Waals surface area contributed by atoms with Crippen LogP contribution in [0.3, 0.4) is 0 Å². The van der Waals surface area contributed by atoms with Crippen molar-refractivity contribution in [2.24, 2.45) is 0 Å². The van der Waals surface area contributed by atoms with Crippen LogP contribution in [0, 0.1) is 13.8 Å². The predicted octanol–water partition coefficient (Wildman–Crippen LogP) is 4.37. The van der Waals surface area contributed by atoms with E-state index in [0.717, 1.165) is 42.4 Å². The predicted molar refractivity (Wildman–Crippen MR) is 122 cm³/mol. The van der Waals surface area contributed by atoms with Crippen molar-refractivity contribution >= 4 is 15.9 Å². The molecule has 1 unspecified atom stereocenters. The van der Waals surface area contributed by atoms with E-state index in [1.165, 1.54) is 19.2 Å². The number of benzene rings is 2. The number of aryl methyl sites for hydroxylation is 2. The fourth-order valence-electron chi connectivity index (χ4n) is 4.06. The molecule has 1 aliphatic rings. The number of methoxy groups -OCH3 is 1. The minimum atomic E-state index is -3.83. The third kappa shape index (κ3) is 5.46. The topological polar surface area (TPSA) is 75.7 Å². The van der Waals surface area contributed by atoms with Crippen molar-refractivity contribution in [2.45, 2.75) is 57.4 Å². The largest absolute Gasteiger partial charge is 0.496 e. The third-order valence-corrected chi connectivity index (χ3v) is 7.38. The highest BCUT2D eigenvalue weighted by Crippen LogP contribution is 2.27. The van der Waals surface area contributed by atoms with E-state index < -0.39 is 16.1 Å². The van der Waals surface area contributed by atoms with Crippen molar-refractivity contribution < 1.29 is 17.9 Å². The smallest absolute Gasteiger partial charge is 0.257 e. The summed E-state index contributed by atoms with van der Waals surface area (Å²) in [6.07, 6.45) is 4.13. The van der Waals surface area contributed by atoms with Gasteiger partial charge in [-0.2, -0.15) is 0 Å². The maximum absolute atomic E-state index is 13.2. The van der Waals surface area contributed by atoms with Crippen molar-refractivity contribution in [3.05, 3.63) is 58.7 Å². The highest BCUT2D eigenvalue weighted by Gasteiger charge is 2.25. The number of likely N-dealkylation sites (tertiary alicyclic amines) is 1. The van der Waals surface area contributed by atoms with E-state index in [1.807, 2.05) is 39.0 Å². The first-order valence-corrected chi connectivity index (χ1v) is 12.3. The summed E-state index contributed by atoms with van der Waals surface area (Å²) in [5, 5.41) is 0. The molecule has 1 heterocycles. The number of nitrogens with zero attached hydrogens (tertiary/aromatic N) is 1. The summed E-state index contributed by atoms with van der Waals surface area (Å²) < 4.78 is 34.4. The molecule has 1 atom stereocenters. The highest BCUT2D eigenvalue weighted by molar-refractivity contribution is 7.89. The fourth-order valence-corrected chi connectivity index (χ4v) is 5.30. The Balaban J connectivity index is 1.90. The molecule has 0 saturated carbocycles. The number of rotatable bonds is 6. The molecule has 168 valence electrons. The molecule has 6 nitrogen and oxygen atoms in total. The van der Waals surface area contributed by atoms with Gasteiger partial charge in [0.2, 0.25) is 10.0 Å². The van der Waals surface area contributed by atoms with E-state index in [9.17, 15) is 13.2 Å². The number of sulfonamides is 1. The summed E-state index contributed by atoms with van der Waals surface area (Å²) in [4.78, 5) is 15.0. The first kappa shape index (κ1) is 23.3. The zero-order valence-corrected chi connectivity index (χ0v) is 19.6. The van der Waals surface area contributed by atoms with Crippen LogP contribution < -0.4 is 9.46 Å². The molecule has 0 radical (unpaired) electrons. The van der Waals surface area contributed by atoms with Crippen molar-refractivity contribution in [2.75, 3.05) is 20.2 Å². The molecular formula is C24H32N2O4S. The molecule has 0 spiro atoms. The van der Waals surface area contributed by atoms with Gasteiger partial charge in [-0.1, -0.05) is 36.6 Å². The summed E-state index contributed by atoms with van der Waals surface area (Å²) in [7, 11) is -2.34. The lowest BCUT2D eigenvalue weighted by molar-refractivity contribution is 0.0758. The summed E-state index contributed by atoms with van der Waals surface area (Å²) in [5.41, 5.74) is 3.30. The second-order valence-electron chi connectivity index (χ2n) is 8.27. The van der Waals surface area contributed by atoms with Crippen molar-refractivity contribution in [3.8, 4) is 5.75 Å². The Morgan fingerprint density at radius 2 is 1.71 bits per heavy atom. The third-order valence-electron chi connectivity index (χ3n) is 5.84. The van der Waals surface area contributed by atoms with Crippen LogP contribution in [0.15, 0.2) is 41.3 Å². The van der Waals surface area contributed by atoms with Gasteiger partial charge in [0, 0.05) is 19.1 Å². The lowest BCUT2D eigenvalue weighted by Crippen LogP contribution is -2.32.